The summed E-state index contributed by atoms with van der Waals surface area (Å²) in [7, 11) is 0. The molecule has 2 rings (SSSR count). The molecule has 0 aliphatic rings. The van der Waals surface area contributed by atoms with Gasteiger partial charge in [0.2, 0.25) is 0 Å². The minimum atomic E-state index is -0.639. The quantitative estimate of drug-likeness (QED) is 0.386. The Morgan fingerprint density at radius 2 is 2.38 bits per heavy atom. The van der Waals surface area contributed by atoms with E-state index in [-0.39, 0.29) is 22.8 Å². The van der Waals surface area contributed by atoms with Crippen molar-refractivity contribution in [1.29, 1.82) is 5.26 Å². The largest absolute Gasteiger partial charge is 0.290 e. The van der Waals surface area contributed by atoms with E-state index in [1.54, 1.807) is 6.07 Å². The zero-order valence-electron chi connectivity index (χ0n) is 10.9. The summed E-state index contributed by atoms with van der Waals surface area (Å²) in [6, 6.07) is 5.46. The van der Waals surface area contributed by atoms with Crippen LogP contribution in [0.25, 0.3) is 0 Å². The number of hydroxylamine groups is 1. The highest BCUT2D eigenvalue weighted by atomic mass is 32.2. The van der Waals surface area contributed by atoms with Crippen LogP contribution in [0.3, 0.4) is 0 Å². The number of halogens is 1. The smallest absolute Gasteiger partial charge is 0.186 e. The Hall–Kier alpha value is -2.44. The first kappa shape index (κ1) is 15.0. The molecule has 2 N–H and O–H groups in total. The number of amidine groups is 1. The van der Waals surface area contributed by atoms with Crippen LogP contribution in [-0.2, 0) is 0 Å². The van der Waals surface area contributed by atoms with Crippen molar-refractivity contribution in [3.05, 3.63) is 35.3 Å². The number of hydrogen-bond donors (Lipinski definition) is 2. The summed E-state index contributed by atoms with van der Waals surface area (Å²) in [4.78, 5) is 4.07. The number of nitriles is 1. The summed E-state index contributed by atoms with van der Waals surface area (Å²) < 4.78 is 17.9. The maximum Gasteiger partial charge on any atom is 0.186 e. The monoisotopic (exact) mass is 307 g/mol. The highest BCUT2D eigenvalue weighted by molar-refractivity contribution is 7.99. The van der Waals surface area contributed by atoms with Crippen LogP contribution in [-0.4, -0.2) is 27.1 Å². The third kappa shape index (κ3) is 3.36. The first-order valence-electron chi connectivity index (χ1n) is 5.83. The van der Waals surface area contributed by atoms with Gasteiger partial charge in [0, 0.05) is 0 Å². The molecule has 1 aromatic carbocycles. The first-order chi connectivity index (χ1) is 10.2. The maximum atomic E-state index is 13.3. The molecular weight excluding hydrogens is 297 g/mol. The number of nitrogens with zero attached hydrogens (tertiary/aromatic N) is 4. The summed E-state index contributed by atoms with van der Waals surface area (Å²) in [6.07, 6.45) is 0. The summed E-state index contributed by atoms with van der Waals surface area (Å²) >= 11 is 1.36. The lowest BCUT2D eigenvalue weighted by atomic mass is 10.2. The number of aliphatic imine (C=N–C) groups is 1. The van der Waals surface area contributed by atoms with E-state index in [4.69, 9.17) is 5.26 Å². The van der Waals surface area contributed by atoms with Crippen LogP contribution in [0.4, 0.5) is 10.1 Å². The van der Waals surface area contributed by atoms with Gasteiger partial charge in [-0.15, -0.1) is 11.8 Å². The molecular formula is C12H10FN5O2S. The molecule has 0 radical (unpaired) electrons. The van der Waals surface area contributed by atoms with Crippen LogP contribution in [0, 0.1) is 17.1 Å². The molecule has 0 amide bonds. The van der Waals surface area contributed by atoms with Gasteiger partial charge in [0.1, 0.15) is 11.9 Å². The Kier molecular flexibility index (Phi) is 4.86. The van der Waals surface area contributed by atoms with Crippen LogP contribution in [0.2, 0.25) is 0 Å². The van der Waals surface area contributed by atoms with Crippen molar-refractivity contribution in [3.8, 4) is 6.07 Å². The van der Waals surface area contributed by atoms with E-state index in [0.29, 0.717) is 5.03 Å². The van der Waals surface area contributed by atoms with Crippen LogP contribution in [0.15, 0.2) is 32.8 Å². The predicted molar refractivity (Wildman–Crippen MR) is 72.9 cm³/mol. The summed E-state index contributed by atoms with van der Waals surface area (Å²) in [6.45, 7) is 1.92. The zero-order valence-corrected chi connectivity index (χ0v) is 11.7. The second-order valence-corrected chi connectivity index (χ2v) is 4.95. The van der Waals surface area contributed by atoms with Gasteiger partial charge in [-0.2, -0.15) is 5.26 Å². The minimum Gasteiger partial charge on any atom is -0.290 e. The Morgan fingerprint density at radius 3 is 3.05 bits per heavy atom. The summed E-state index contributed by atoms with van der Waals surface area (Å²) in [5.74, 6) is 0.0812. The molecule has 0 spiro atoms. The van der Waals surface area contributed by atoms with E-state index in [9.17, 15) is 9.60 Å². The summed E-state index contributed by atoms with van der Waals surface area (Å²) in [5.41, 5.74) is 2.26. The van der Waals surface area contributed by atoms with Crippen molar-refractivity contribution in [2.24, 2.45) is 4.99 Å². The van der Waals surface area contributed by atoms with Gasteiger partial charge in [-0.1, -0.05) is 6.92 Å². The Balaban J connectivity index is 2.41. The van der Waals surface area contributed by atoms with Crippen molar-refractivity contribution >= 4 is 23.3 Å². The van der Waals surface area contributed by atoms with Crippen molar-refractivity contribution in [2.45, 2.75) is 11.9 Å². The first-order valence-corrected chi connectivity index (χ1v) is 6.82. The van der Waals surface area contributed by atoms with Crippen LogP contribution >= 0.6 is 11.8 Å². The fourth-order valence-corrected chi connectivity index (χ4v) is 2.12. The molecule has 1 aromatic heterocycles. The molecule has 0 saturated heterocycles. The van der Waals surface area contributed by atoms with E-state index in [1.165, 1.54) is 23.9 Å². The van der Waals surface area contributed by atoms with Gasteiger partial charge in [0.05, 0.1) is 11.3 Å². The predicted octanol–water partition coefficient (Wildman–Crippen LogP) is 2.25. The van der Waals surface area contributed by atoms with Crippen molar-refractivity contribution in [2.75, 3.05) is 5.75 Å². The molecule has 2 aromatic rings. The van der Waals surface area contributed by atoms with E-state index in [0.717, 1.165) is 11.8 Å². The molecule has 0 bridgehead atoms. The molecule has 0 fully saturated rings. The molecule has 0 aliphatic carbocycles. The van der Waals surface area contributed by atoms with Gasteiger partial charge >= 0.3 is 0 Å². The minimum absolute atomic E-state index is 0.0114. The van der Waals surface area contributed by atoms with E-state index in [2.05, 4.69) is 19.9 Å². The van der Waals surface area contributed by atoms with Gasteiger partial charge < -0.3 is 0 Å². The topological polar surface area (TPSA) is 107 Å². The second kappa shape index (κ2) is 6.83. The number of hydrogen-bond acceptors (Lipinski definition) is 7. The van der Waals surface area contributed by atoms with E-state index >= 15 is 0 Å². The fraction of sp³-hybridized carbons (Fsp3) is 0.167. The molecule has 9 heteroatoms. The summed E-state index contributed by atoms with van der Waals surface area (Å²) in [5, 5.41) is 25.8. The van der Waals surface area contributed by atoms with Crippen LogP contribution < -0.4 is 5.48 Å². The Bertz CT molecular complexity index is 710. The van der Waals surface area contributed by atoms with Crippen LogP contribution in [0.1, 0.15) is 18.2 Å². The third-order valence-corrected chi connectivity index (χ3v) is 3.21. The molecule has 108 valence electrons. The lowest BCUT2D eigenvalue weighted by Crippen LogP contribution is -2.21. The highest BCUT2D eigenvalue weighted by Crippen LogP contribution is 2.21. The standard InChI is InChI=1S/C12H10FN5O2S/c1-2-21-12-10(17-20-18-12)11(16-19)15-8-3-4-9(13)7(5-8)6-14/h3-5,19H,2H2,1H3,(H,15,16). The van der Waals surface area contributed by atoms with Crippen molar-refractivity contribution < 1.29 is 14.2 Å². The molecule has 21 heavy (non-hydrogen) atoms. The van der Waals surface area contributed by atoms with Gasteiger partial charge in [-0.3, -0.25) is 10.7 Å². The highest BCUT2D eigenvalue weighted by Gasteiger charge is 2.16. The number of rotatable bonds is 4. The number of aromatic nitrogens is 2. The maximum absolute atomic E-state index is 13.3. The molecule has 1 heterocycles. The van der Waals surface area contributed by atoms with E-state index < -0.39 is 5.82 Å². The van der Waals surface area contributed by atoms with Crippen molar-refractivity contribution in [3.63, 3.8) is 0 Å². The number of thioether (sulfide) groups is 1. The third-order valence-electron chi connectivity index (χ3n) is 2.38. The SMILES string of the molecule is CCSc1nonc1C(=Nc1ccc(F)c(C#N)c1)NO. The Labute approximate surface area is 123 Å². The molecule has 0 atom stereocenters. The van der Waals surface area contributed by atoms with E-state index in [1.807, 2.05) is 12.4 Å². The lowest BCUT2D eigenvalue weighted by molar-refractivity contribution is 0.234. The normalized spacial score (nSPS) is 11.2. The molecule has 0 saturated carbocycles. The zero-order chi connectivity index (χ0) is 15.2. The molecule has 0 aliphatic heterocycles. The van der Waals surface area contributed by atoms with Gasteiger partial charge in [0.25, 0.3) is 0 Å². The fourth-order valence-electron chi connectivity index (χ4n) is 1.49. The average molecular weight is 307 g/mol. The van der Waals surface area contributed by atoms with Crippen LogP contribution in [0.5, 0.6) is 0 Å². The van der Waals surface area contributed by atoms with Gasteiger partial charge in [-0.25, -0.2) is 14.0 Å². The Morgan fingerprint density at radius 1 is 1.57 bits per heavy atom. The second-order valence-electron chi connectivity index (χ2n) is 3.70. The van der Waals surface area contributed by atoms with Gasteiger partial charge in [-0.05, 0) is 34.3 Å². The van der Waals surface area contributed by atoms with Crippen molar-refractivity contribution in [1.82, 2.24) is 15.8 Å². The number of benzene rings is 1. The number of nitrogens with one attached hydrogen (secondary N) is 1. The van der Waals surface area contributed by atoms with Gasteiger partial charge in [0.15, 0.2) is 16.6 Å². The molecule has 0 unspecified atom stereocenters. The molecule has 7 nitrogen and oxygen atoms in total. The lowest BCUT2D eigenvalue weighted by Gasteiger charge is -2.03. The average Bonchev–Trinajstić information content (AvgIpc) is 2.95.